The van der Waals surface area contributed by atoms with Crippen molar-refractivity contribution >= 4 is 11.9 Å². The normalized spacial score (nSPS) is 16.5. The van der Waals surface area contributed by atoms with Gasteiger partial charge < -0.3 is 10.2 Å². The quantitative estimate of drug-likeness (QED) is 0.470. The van der Waals surface area contributed by atoms with Gasteiger partial charge in [0.1, 0.15) is 12.1 Å². The largest absolute Gasteiger partial charge is 0.480 e. The topological polar surface area (TPSA) is 98.7 Å². The minimum atomic E-state index is -0.999. The molecule has 0 spiro atoms. The van der Waals surface area contributed by atoms with Gasteiger partial charge >= 0.3 is 11.9 Å². The molecule has 0 aliphatic rings. The lowest BCUT2D eigenvalue weighted by molar-refractivity contribution is -0.144. The average molecular weight is 246 g/mol. The standard InChI is InChI=1S/C11H22N2O4/c1-5-7(4)9(11(16)17)13-12-8(6(2)3)10(14)15/h6-9,12-13H,5H2,1-4H3,(H,14,15)(H,16,17)/t7-,8-,9-/m0/s1. The van der Waals surface area contributed by atoms with Gasteiger partial charge in [-0.05, 0) is 11.8 Å². The van der Waals surface area contributed by atoms with E-state index in [-0.39, 0.29) is 11.8 Å². The highest BCUT2D eigenvalue weighted by Crippen LogP contribution is 2.08. The van der Waals surface area contributed by atoms with E-state index in [1.807, 2.05) is 6.92 Å². The van der Waals surface area contributed by atoms with Crippen molar-refractivity contribution in [3.63, 3.8) is 0 Å². The number of carbonyl (C=O) groups is 2. The molecule has 17 heavy (non-hydrogen) atoms. The molecule has 0 bridgehead atoms. The molecule has 6 heteroatoms. The Kier molecular flexibility index (Phi) is 6.75. The van der Waals surface area contributed by atoms with Crippen molar-refractivity contribution in [1.29, 1.82) is 0 Å². The summed E-state index contributed by atoms with van der Waals surface area (Å²) in [4.78, 5) is 21.9. The molecule has 0 aromatic rings. The van der Waals surface area contributed by atoms with Gasteiger partial charge in [0.2, 0.25) is 0 Å². The Morgan fingerprint density at radius 3 is 1.71 bits per heavy atom. The second kappa shape index (κ2) is 7.24. The average Bonchev–Trinajstić information content (AvgIpc) is 2.21. The summed E-state index contributed by atoms with van der Waals surface area (Å²) < 4.78 is 0. The summed E-state index contributed by atoms with van der Waals surface area (Å²) in [5, 5.41) is 18.0. The van der Waals surface area contributed by atoms with Gasteiger partial charge in [-0.15, -0.1) is 0 Å². The van der Waals surface area contributed by atoms with Gasteiger partial charge in [-0.25, -0.2) is 10.9 Å². The zero-order valence-corrected chi connectivity index (χ0v) is 10.7. The van der Waals surface area contributed by atoms with Gasteiger partial charge in [-0.1, -0.05) is 34.1 Å². The maximum absolute atomic E-state index is 11.0. The van der Waals surface area contributed by atoms with Crippen LogP contribution in [-0.2, 0) is 9.59 Å². The summed E-state index contributed by atoms with van der Waals surface area (Å²) >= 11 is 0. The highest BCUT2D eigenvalue weighted by molar-refractivity contribution is 5.75. The van der Waals surface area contributed by atoms with E-state index >= 15 is 0 Å². The maximum atomic E-state index is 11.0. The summed E-state index contributed by atoms with van der Waals surface area (Å²) in [5.41, 5.74) is 5.19. The summed E-state index contributed by atoms with van der Waals surface area (Å²) in [6.07, 6.45) is 0.699. The molecular formula is C11H22N2O4. The van der Waals surface area contributed by atoms with Crippen LogP contribution >= 0.6 is 0 Å². The fourth-order valence-corrected chi connectivity index (χ4v) is 1.38. The van der Waals surface area contributed by atoms with E-state index in [9.17, 15) is 9.59 Å². The van der Waals surface area contributed by atoms with Gasteiger partial charge in [0.15, 0.2) is 0 Å². The maximum Gasteiger partial charge on any atom is 0.322 e. The zero-order valence-electron chi connectivity index (χ0n) is 10.7. The molecule has 0 saturated carbocycles. The Hall–Kier alpha value is -1.14. The van der Waals surface area contributed by atoms with Crippen LogP contribution in [0.5, 0.6) is 0 Å². The number of nitrogens with one attached hydrogen (secondary N) is 2. The summed E-state index contributed by atoms with van der Waals surface area (Å²) in [6.45, 7) is 7.21. The summed E-state index contributed by atoms with van der Waals surface area (Å²) in [7, 11) is 0. The lowest BCUT2D eigenvalue weighted by Crippen LogP contribution is -2.56. The number of carboxylic acids is 2. The van der Waals surface area contributed by atoms with Gasteiger partial charge in [0.05, 0.1) is 0 Å². The third-order valence-corrected chi connectivity index (χ3v) is 2.81. The molecule has 0 aromatic heterocycles. The predicted octanol–water partition coefficient (Wildman–Crippen LogP) is 0.689. The van der Waals surface area contributed by atoms with Crippen LogP contribution in [0.25, 0.3) is 0 Å². The van der Waals surface area contributed by atoms with Crippen molar-refractivity contribution in [2.45, 2.75) is 46.2 Å². The number of hydrogen-bond donors (Lipinski definition) is 4. The molecule has 3 atom stereocenters. The van der Waals surface area contributed by atoms with Crippen LogP contribution in [0.3, 0.4) is 0 Å². The molecule has 4 N–H and O–H groups in total. The fourth-order valence-electron chi connectivity index (χ4n) is 1.38. The zero-order chi connectivity index (χ0) is 13.6. The smallest absolute Gasteiger partial charge is 0.322 e. The van der Waals surface area contributed by atoms with Gasteiger partial charge in [-0.3, -0.25) is 9.59 Å². The van der Waals surface area contributed by atoms with Crippen LogP contribution < -0.4 is 10.9 Å². The van der Waals surface area contributed by atoms with Crippen LogP contribution in [0.1, 0.15) is 34.1 Å². The van der Waals surface area contributed by atoms with Crippen LogP contribution in [-0.4, -0.2) is 34.2 Å². The van der Waals surface area contributed by atoms with E-state index in [0.29, 0.717) is 6.42 Å². The number of aliphatic carboxylic acids is 2. The number of hydrazine groups is 1. The molecule has 0 aliphatic carbocycles. The van der Waals surface area contributed by atoms with E-state index in [1.165, 1.54) is 0 Å². The van der Waals surface area contributed by atoms with E-state index < -0.39 is 24.0 Å². The minimum absolute atomic E-state index is 0.0818. The Morgan fingerprint density at radius 1 is 1.00 bits per heavy atom. The lowest BCUT2D eigenvalue weighted by Gasteiger charge is -2.25. The molecule has 0 rings (SSSR count). The van der Waals surface area contributed by atoms with Gasteiger partial charge in [0, 0.05) is 0 Å². The van der Waals surface area contributed by atoms with Crippen molar-refractivity contribution < 1.29 is 19.8 Å². The fraction of sp³-hybridized carbons (Fsp3) is 0.818. The van der Waals surface area contributed by atoms with Crippen molar-refractivity contribution in [1.82, 2.24) is 10.9 Å². The highest BCUT2D eigenvalue weighted by Gasteiger charge is 2.27. The summed E-state index contributed by atoms with van der Waals surface area (Å²) in [5.74, 6) is -2.20. The third-order valence-electron chi connectivity index (χ3n) is 2.81. The molecule has 6 nitrogen and oxygen atoms in total. The Bertz CT molecular complexity index is 268. The van der Waals surface area contributed by atoms with E-state index in [1.54, 1.807) is 20.8 Å². The molecule has 0 fully saturated rings. The second-order valence-corrected chi connectivity index (χ2v) is 4.55. The van der Waals surface area contributed by atoms with Gasteiger partial charge in [0.25, 0.3) is 0 Å². The molecule has 0 aromatic carbocycles. The van der Waals surface area contributed by atoms with E-state index in [2.05, 4.69) is 10.9 Å². The molecule has 0 heterocycles. The first-order valence-corrected chi connectivity index (χ1v) is 5.77. The van der Waals surface area contributed by atoms with Crippen molar-refractivity contribution in [3.05, 3.63) is 0 Å². The van der Waals surface area contributed by atoms with E-state index in [4.69, 9.17) is 10.2 Å². The van der Waals surface area contributed by atoms with Crippen LogP contribution in [0.15, 0.2) is 0 Å². The molecule has 0 radical (unpaired) electrons. The Labute approximate surface area is 101 Å². The molecular weight excluding hydrogens is 224 g/mol. The second-order valence-electron chi connectivity index (χ2n) is 4.55. The minimum Gasteiger partial charge on any atom is -0.480 e. The van der Waals surface area contributed by atoms with Crippen molar-refractivity contribution in [3.8, 4) is 0 Å². The molecule has 0 saturated heterocycles. The van der Waals surface area contributed by atoms with Gasteiger partial charge in [-0.2, -0.15) is 0 Å². The van der Waals surface area contributed by atoms with Crippen molar-refractivity contribution in [2.75, 3.05) is 0 Å². The Balaban J connectivity index is 4.47. The van der Waals surface area contributed by atoms with E-state index in [0.717, 1.165) is 0 Å². The molecule has 0 aliphatic heterocycles. The SMILES string of the molecule is CC[C@H](C)[C@H](NN[C@H](C(=O)O)C(C)C)C(=O)O. The van der Waals surface area contributed by atoms with Crippen LogP contribution in [0.4, 0.5) is 0 Å². The summed E-state index contributed by atoms with van der Waals surface area (Å²) in [6, 6.07) is -1.60. The number of rotatable bonds is 8. The number of carboxylic acid groups (broad SMARTS) is 2. The molecule has 0 amide bonds. The van der Waals surface area contributed by atoms with Crippen molar-refractivity contribution in [2.24, 2.45) is 11.8 Å². The first kappa shape index (κ1) is 15.9. The molecule has 0 unspecified atom stereocenters. The van der Waals surface area contributed by atoms with Crippen LogP contribution in [0, 0.1) is 11.8 Å². The lowest BCUT2D eigenvalue weighted by atomic mass is 10.00. The number of hydrogen-bond acceptors (Lipinski definition) is 4. The first-order chi connectivity index (χ1) is 7.81. The predicted molar refractivity (Wildman–Crippen MR) is 63.4 cm³/mol. The Morgan fingerprint density at radius 2 is 1.41 bits per heavy atom. The first-order valence-electron chi connectivity index (χ1n) is 5.77. The third kappa shape index (κ3) is 5.14. The monoisotopic (exact) mass is 246 g/mol. The van der Waals surface area contributed by atoms with Crippen LogP contribution in [0.2, 0.25) is 0 Å². The molecule has 100 valence electrons. The highest BCUT2D eigenvalue weighted by atomic mass is 16.4.